The summed E-state index contributed by atoms with van der Waals surface area (Å²) in [6.07, 6.45) is 0. The van der Waals surface area contributed by atoms with Crippen molar-refractivity contribution in [3.63, 3.8) is 0 Å². The number of fused-ring (bicyclic) bond motifs is 14. The molecule has 20 aromatic carbocycles. The molecule has 0 spiro atoms. The lowest BCUT2D eigenvalue weighted by atomic mass is 9.94. The summed E-state index contributed by atoms with van der Waals surface area (Å²) in [4.78, 5) is 45.2. The molecule has 0 aliphatic heterocycles. The molecule has 0 bridgehead atoms. The maximum atomic E-state index is 6.28. The van der Waals surface area contributed by atoms with Gasteiger partial charge in [-0.25, -0.2) is 44.9 Å². The second-order valence-electron chi connectivity index (χ2n) is 34.2. The van der Waals surface area contributed by atoms with Crippen LogP contribution in [0.4, 0.5) is 0 Å². The first-order valence-corrected chi connectivity index (χ1v) is 45.9. The summed E-state index contributed by atoms with van der Waals surface area (Å²) in [6.45, 7) is 0. The first-order chi connectivity index (χ1) is 68.3. The van der Waals surface area contributed by atoms with Gasteiger partial charge in [0.25, 0.3) is 0 Å². The van der Waals surface area contributed by atoms with Crippen LogP contribution in [0.1, 0.15) is 0 Å². The molecule has 0 saturated carbocycles. The topological polar surface area (TPSA) is 169 Å². The van der Waals surface area contributed by atoms with Gasteiger partial charge in [-0.3, -0.25) is 0 Å². The Morgan fingerprint density at radius 2 is 0.341 bits per heavy atom. The number of furan rings is 4. The van der Waals surface area contributed by atoms with Gasteiger partial charge < -0.3 is 17.7 Å². The first kappa shape index (κ1) is 81.2. The van der Waals surface area contributed by atoms with E-state index in [2.05, 4.69) is 291 Å². The minimum Gasteiger partial charge on any atom is -0.456 e. The van der Waals surface area contributed by atoms with E-state index in [1.165, 1.54) is 27.3 Å². The van der Waals surface area contributed by atoms with Crippen molar-refractivity contribution in [1.82, 2.24) is 44.9 Å². The van der Waals surface area contributed by atoms with Gasteiger partial charge in [0.15, 0.2) is 52.4 Å². The number of nitrogens with zero attached hydrogens (tertiary/aromatic N) is 9. The van der Waals surface area contributed by atoms with E-state index in [1.807, 2.05) is 176 Å². The van der Waals surface area contributed by atoms with Crippen molar-refractivity contribution in [2.24, 2.45) is 0 Å². The third kappa shape index (κ3) is 15.8. The van der Waals surface area contributed by atoms with Crippen molar-refractivity contribution >= 4 is 109 Å². The predicted molar refractivity (Wildman–Crippen MR) is 560 cm³/mol. The zero-order valence-electron chi connectivity index (χ0n) is 74.1. The summed E-state index contributed by atoms with van der Waals surface area (Å²) in [5.41, 5.74) is 26.1. The van der Waals surface area contributed by atoms with Crippen LogP contribution in [-0.4, -0.2) is 44.9 Å². The second-order valence-corrected chi connectivity index (χ2v) is 34.2. The molecule has 646 valence electrons. The molecule has 0 fully saturated rings. The molecule has 13 heteroatoms. The van der Waals surface area contributed by atoms with Gasteiger partial charge in [0.05, 0.1) is 0 Å². The van der Waals surface area contributed by atoms with Crippen LogP contribution in [0.2, 0.25) is 0 Å². The summed E-state index contributed by atoms with van der Waals surface area (Å²) in [7, 11) is 0. The van der Waals surface area contributed by atoms with Crippen LogP contribution in [0, 0.1) is 0 Å². The standard InChI is InChI=1S/C47H27N3O2.2C39H25N3O/c1-2-10-29-23-31(18-17-28(29)9-1)40-25-34(24-30-11-3-4-12-35(30)40)47-49-45(32-19-21-38-36-13-5-7-15-41(36)51-43(38)26-32)48-46(50-47)33-20-22-39-37-14-6-8-16-42(37)52-44(39)27-33;1-4-12-26(13-5-1)30-22-31(27-14-6-2-7-15-27)24-32(23-30)39-41-37(28-16-8-3-9-17-28)40-38(42-39)29-20-21-34-33-18-10-11-19-35(33)43-36(34)25-29;1-3-10-26(11-4-1)30-14-9-15-31(24-30)27-18-20-29(21-19-27)38-40-37(28-12-5-2-6-13-28)41-39(42-38)32-22-23-34-33-16-7-8-17-35(33)43-36(34)25-32/h1-27H;2*1-25H. The average Bonchev–Trinajstić information content (AvgIpc) is 1.69. The summed E-state index contributed by atoms with van der Waals surface area (Å²) in [6, 6.07) is 160. The van der Waals surface area contributed by atoms with Crippen LogP contribution in [0.25, 0.3) is 267 Å². The number of rotatable bonds is 14. The van der Waals surface area contributed by atoms with E-state index in [-0.39, 0.29) is 0 Å². The third-order valence-electron chi connectivity index (χ3n) is 25.6. The van der Waals surface area contributed by atoms with Gasteiger partial charge in [-0.2, -0.15) is 0 Å². The Bertz CT molecular complexity index is 9160. The van der Waals surface area contributed by atoms with E-state index in [4.69, 9.17) is 62.5 Å². The van der Waals surface area contributed by atoms with E-state index >= 15 is 0 Å². The highest BCUT2D eigenvalue weighted by atomic mass is 16.3. The van der Waals surface area contributed by atoms with Gasteiger partial charge in [0.2, 0.25) is 0 Å². The Morgan fingerprint density at radius 1 is 0.109 bits per heavy atom. The van der Waals surface area contributed by atoms with Crippen LogP contribution in [-0.2, 0) is 0 Å². The Kier molecular flexibility index (Phi) is 20.6. The van der Waals surface area contributed by atoms with Crippen LogP contribution < -0.4 is 0 Å². The van der Waals surface area contributed by atoms with E-state index < -0.39 is 0 Å². The fourth-order valence-electron chi connectivity index (χ4n) is 18.6. The molecule has 0 amide bonds. The molecule has 0 atom stereocenters. The number of benzene rings is 20. The summed E-state index contributed by atoms with van der Waals surface area (Å²) in [5.74, 6) is 5.40. The number of hydrogen-bond acceptors (Lipinski definition) is 13. The highest BCUT2D eigenvalue weighted by Crippen LogP contribution is 2.43. The molecular formula is C125H77N9O4. The second kappa shape index (κ2) is 35.0. The fourth-order valence-corrected chi connectivity index (χ4v) is 18.6. The van der Waals surface area contributed by atoms with Crippen LogP contribution in [0.5, 0.6) is 0 Å². The van der Waals surface area contributed by atoms with Crippen LogP contribution in [0.15, 0.2) is 485 Å². The zero-order valence-corrected chi connectivity index (χ0v) is 74.1. The normalized spacial score (nSPS) is 11.5. The van der Waals surface area contributed by atoms with Crippen molar-refractivity contribution < 1.29 is 17.7 Å². The lowest BCUT2D eigenvalue weighted by molar-refractivity contribution is 0.668. The molecule has 0 radical (unpaired) electrons. The molecule has 0 unspecified atom stereocenters. The molecule has 27 rings (SSSR count). The Labute approximate surface area is 791 Å². The quantitative estimate of drug-likeness (QED) is 0.101. The third-order valence-corrected chi connectivity index (χ3v) is 25.6. The van der Waals surface area contributed by atoms with Gasteiger partial charge in [-0.15, -0.1) is 0 Å². The van der Waals surface area contributed by atoms with Gasteiger partial charge in [-0.05, 0) is 192 Å². The van der Waals surface area contributed by atoms with Crippen molar-refractivity contribution in [3.05, 3.63) is 467 Å². The van der Waals surface area contributed by atoms with Crippen molar-refractivity contribution in [1.29, 1.82) is 0 Å². The Balaban J connectivity index is 0.000000111. The van der Waals surface area contributed by atoms with Gasteiger partial charge in [-0.1, -0.05) is 352 Å². The largest absolute Gasteiger partial charge is 0.456 e. The van der Waals surface area contributed by atoms with Crippen molar-refractivity contribution in [3.8, 4) is 158 Å². The minimum absolute atomic E-state index is 0.562. The summed E-state index contributed by atoms with van der Waals surface area (Å²) >= 11 is 0. The SMILES string of the molecule is c1ccc(-c2cc(-c3ccccc3)cc(-c3nc(-c4ccccc4)nc(-c4ccc5c(c4)oc4ccccc45)n3)c2)cc1.c1ccc(-c2cccc(-c3ccc(-c4nc(-c5ccccc5)nc(-c5ccc6c(c5)oc5ccccc56)n4)cc3)c2)cc1.c1ccc2cc(-c3cc(-c4nc(-c5ccc6c(c5)oc5ccccc56)nc(-c5ccc6c(c5)oc5ccccc56)n4)cc4ccccc34)ccc2c1. The number of hydrogen-bond donors (Lipinski definition) is 0. The molecule has 13 nitrogen and oxygen atoms in total. The smallest absolute Gasteiger partial charge is 0.164 e. The van der Waals surface area contributed by atoms with E-state index in [1.54, 1.807) is 0 Å². The lowest BCUT2D eigenvalue weighted by Gasteiger charge is -2.13. The maximum Gasteiger partial charge on any atom is 0.164 e. The zero-order chi connectivity index (χ0) is 91.4. The molecule has 0 aliphatic carbocycles. The highest BCUT2D eigenvalue weighted by molar-refractivity contribution is 6.10. The molecule has 0 saturated heterocycles. The molecular weight excluding hydrogens is 1690 g/mol. The summed E-state index contributed by atoms with van der Waals surface area (Å²) < 4.78 is 24.9. The first-order valence-electron chi connectivity index (χ1n) is 45.9. The molecule has 7 aromatic heterocycles. The Hall–Kier alpha value is -18.9. The number of aromatic nitrogens is 9. The van der Waals surface area contributed by atoms with Crippen molar-refractivity contribution in [2.75, 3.05) is 0 Å². The monoisotopic (exact) mass is 1770 g/mol. The predicted octanol–water partition coefficient (Wildman–Crippen LogP) is 32.9. The molecule has 27 aromatic rings. The van der Waals surface area contributed by atoms with E-state index in [0.29, 0.717) is 52.4 Å². The Morgan fingerprint density at radius 3 is 0.725 bits per heavy atom. The lowest BCUT2D eigenvalue weighted by Crippen LogP contribution is -2.00. The van der Waals surface area contributed by atoms with Crippen molar-refractivity contribution in [2.45, 2.75) is 0 Å². The molecule has 7 heterocycles. The van der Waals surface area contributed by atoms with Crippen LogP contribution >= 0.6 is 0 Å². The van der Waals surface area contributed by atoms with Crippen LogP contribution in [0.3, 0.4) is 0 Å². The molecule has 0 aliphatic rings. The highest BCUT2D eigenvalue weighted by Gasteiger charge is 2.23. The number of para-hydroxylation sites is 4. The van der Waals surface area contributed by atoms with E-state index in [9.17, 15) is 0 Å². The van der Waals surface area contributed by atoms with Gasteiger partial charge in [0.1, 0.15) is 44.7 Å². The van der Waals surface area contributed by atoms with E-state index in [0.717, 1.165) is 188 Å². The van der Waals surface area contributed by atoms with Gasteiger partial charge in [0, 0.05) is 93.2 Å². The minimum atomic E-state index is 0.562. The maximum absolute atomic E-state index is 6.28. The average molecular weight is 1770 g/mol. The molecule has 0 N–H and O–H groups in total. The van der Waals surface area contributed by atoms with Gasteiger partial charge >= 0.3 is 0 Å². The summed E-state index contributed by atoms with van der Waals surface area (Å²) in [5, 5.41) is 13.3. The molecule has 138 heavy (non-hydrogen) atoms. The fraction of sp³-hybridized carbons (Fsp3) is 0.